The van der Waals surface area contributed by atoms with E-state index in [1.165, 1.54) is 0 Å². The molecule has 0 aliphatic carbocycles. The zero-order valence-electron chi connectivity index (χ0n) is 15.4. The molecule has 0 fully saturated rings. The molecule has 0 atom stereocenters. The summed E-state index contributed by atoms with van der Waals surface area (Å²) < 4.78 is 31.4. The second-order valence-corrected chi connectivity index (χ2v) is 4.66. The molecule has 0 spiro atoms. The first-order chi connectivity index (χ1) is 10.8. The van der Waals surface area contributed by atoms with Crippen LogP contribution in [0.25, 0.3) is 0 Å². The summed E-state index contributed by atoms with van der Waals surface area (Å²) in [7, 11) is 5.01. The minimum absolute atomic E-state index is 0. The number of rotatable bonds is 18. The molecule has 0 aromatic heterocycles. The van der Waals surface area contributed by atoms with Crippen LogP contribution in [-0.4, -0.2) is 114 Å². The summed E-state index contributed by atoms with van der Waals surface area (Å²) in [6.45, 7) is 8.34. The van der Waals surface area contributed by atoms with Crippen LogP contribution in [0.1, 0.15) is 0 Å². The van der Waals surface area contributed by atoms with Crippen molar-refractivity contribution in [3.8, 4) is 0 Å². The van der Waals surface area contributed by atoms with Gasteiger partial charge in [-0.25, -0.2) is 0 Å². The maximum Gasteiger partial charge on any atom is 1.00 e. The molecule has 0 heterocycles. The fraction of sp³-hybridized carbons (Fsp3) is 1.00. The van der Waals surface area contributed by atoms with Gasteiger partial charge in [0.1, 0.15) is 0 Å². The summed E-state index contributed by atoms with van der Waals surface area (Å²) in [6, 6.07) is 0. The molecular weight excluding hydrogens is 324 g/mol. The molecule has 142 valence electrons. The standard InChI is InChI=1S/C15H33NO6.BH4.Na/c1-17-10-13-20-7-4-16(5-8-21-14-11-18-2)6-9-22-15-12-19-3;;/h4-15H2,1-3H3;1H4;/q;-1;+1. The zero-order valence-corrected chi connectivity index (χ0v) is 17.4. The Balaban J connectivity index is -0.00000220. The normalized spacial score (nSPS) is 10.5. The van der Waals surface area contributed by atoms with Gasteiger partial charge in [0.25, 0.3) is 0 Å². The minimum atomic E-state index is 0. The van der Waals surface area contributed by atoms with Gasteiger partial charge < -0.3 is 28.4 Å². The molecule has 0 unspecified atom stereocenters. The van der Waals surface area contributed by atoms with Crippen LogP contribution < -0.4 is 29.6 Å². The Labute approximate surface area is 171 Å². The van der Waals surface area contributed by atoms with Gasteiger partial charge in [0.2, 0.25) is 0 Å². The van der Waals surface area contributed by atoms with Crippen molar-refractivity contribution < 1.29 is 58.0 Å². The summed E-state index contributed by atoms with van der Waals surface area (Å²) in [6.07, 6.45) is 0. The first-order valence-electron chi connectivity index (χ1n) is 7.77. The van der Waals surface area contributed by atoms with Crippen molar-refractivity contribution >= 4 is 8.41 Å². The van der Waals surface area contributed by atoms with E-state index in [0.29, 0.717) is 59.5 Å². The Morgan fingerprint density at radius 2 is 0.792 bits per heavy atom. The molecule has 0 rings (SSSR count). The van der Waals surface area contributed by atoms with Crippen LogP contribution in [0.4, 0.5) is 0 Å². The molecule has 0 amide bonds. The second kappa shape index (κ2) is 26.0. The topological polar surface area (TPSA) is 58.6 Å². The summed E-state index contributed by atoms with van der Waals surface area (Å²) in [4.78, 5) is 2.27. The van der Waals surface area contributed by atoms with E-state index >= 15 is 0 Å². The SMILES string of the molecule is COCCOCCN(CCOCCOC)CCOCCOC.[BH4-].[Na+]. The van der Waals surface area contributed by atoms with Crippen LogP contribution in [0.2, 0.25) is 0 Å². The van der Waals surface area contributed by atoms with Gasteiger partial charge in [-0.15, -0.1) is 0 Å². The van der Waals surface area contributed by atoms with E-state index in [1.807, 2.05) is 0 Å². The monoisotopic (exact) mass is 361 g/mol. The molecule has 0 N–H and O–H groups in total. The Morgan fingerprint density at radius 3 is 1.04 bits per heavy atom. The average molecular weight is 361 g/mol. The molecule has 9 heteroatoms. The molecule has 0 aliphatic rings. The summed E-state index contributed by atoms with van der Waals surface area (Å²) in [5, 5.41) is 0. The van der Waals surface area contributed by atoms with E-state index in [9.17, 15) is 0 Å². The van der Waals surface area contributed by atoms with E-state index in [0.717, 1.165) is 19.6 Å². The van der Waals surface area contributed by atoms with Crippen molar-refractivity contribution in [2.45, 2.75) is 0 Å². The zero-order chi connectivity index (χ0) is 16.3. The van der Waals surface area contributed by atoms with E-state index in [-0.39, 0.29) is 38.0 Å². The number of hydrogen-bond donors (Lipinski definition) is 0. The van der Waals surface area contributed by atoms with Gasteiger partial charge in [0.15, 0.2) is 0 Å². The minimum Gasteiger partial charge on any atom is -0.382 e. The number of methoxy groups -OCH3 is 3. The van der Waals surface area contributed by atoms with E-state index in [1.54, 1.807) is 21.3 Å². The van der Waals surface area contributed by atoms with Gasteiger partial charge >= 0.3 is 29.6 Å². The molecule has 0 saturated heterocycles. The molecule has 0 bridgehead atoms. The summed E-state index contributed by atoms with van der Waals surface area (Å²) >= 11 is 0. The third-order valence-electron chi connectivity index (χ3n) is 2.95. The summed E-state index contributed by atoms with van der Waals surface area (Å²) in [5.41, 5.74) is 0. The van der Waals surface area contributed by atoms with Gasteiger partial charge in [-0.05, 0) is 0 Å². The maximum atomic E-state index is 5.51. The third kappa shape index (κ3) is 22.8. The van der Waals surface area contributed by atoms with Crippen LogP contribution in [0.5, 0.6) is 0 Å². The molecule has 7 nitrogen and oxygen atoms in total. The molecule has 0 radical (unpaired) electrons. The second-order valence-electron chi connectivity index (χ2n) is 4.66. The summed E-state index contributed by atoms with van der Waals surface area (Å²) in [5.74, 6) is 0. The van der Waals surface area contributed by atoms with Crippen molar-refractivity contribution in [1.29, 1.82) is 0 Å². The van der Waals surface area contributed by atoms with Crippen molar-refractivity contribution in [3.05, 3.63) is 0 Å². The smallest absolute Gasteiger partial charge is 0.382 e. The molecule has 0 aromatic rings. The van der Waals surface area contributed by atoms with Crippen LogP contribution in [0, 0.1) is 0 Å². The molecule has 0 saturated carbocycles. The Morgan fingerprint density at radius 1 is 0.500 bits per heavy atom. The number of ether oxygens (including phenoxy) is 6. The van der Waals surface area contributed by atoms with E-state index in [2.05, 4.69) is 4.90 Å². The molecule has 24 heavy (non-hydrogen) atoms. The van der Waals surface area contributed by atoms with Crippen molar-refractivity contribution in [2.24, 2.45) is 0 Å². The molecule has 0 aliphatic heterocycles. The van der Waals surface area contributed by atoms with E-state index in [4.69, 9.17) is 28.4 Å². The van der Waals surface area contributed by atoms with Gasteiger partial charge in [-0.3, -0.25) is 4.90 Å². The quantitative estimate of drug-likeness (QED) is 0.181. The van der Waals surface area contributed by atoms with Crippen LogP contribution in [0.15, 0.2) is 0 Å². The largest absolute Gasteiger partial charge is 1.00 e. The predicted molar refractivity (Wildman–Crippen MR) is 95.9 cm³/mol. The van der Waals surface area contributed by atoms with Gasteiger partial charge in [0.05, 0.1) is 59.5 Å². The first-order valence-corrected chi connectivity index (χ1v) is 7.77. The Hall–Kier alpha value is 0.785. The Kier molecular flexibility index (Phi) is 32.0. The van der Waals surface area contributed by atoms with Crippen molar-refractivity contribution in [3.63, 3.8) is 0 Å². The average Bonchev–Trinajstić information content (AvgIpc) is 2.53. The van der Waals surface area contributed by atoms with Gasteiger partial charge in [0, 0.05) is 41.0 Å². The van der Waals surface area contributed by atoms with Crippen molar-refractivity contribution in [2.75, 3.05) is 100 Å². The first kappa shape index (κ1) is 29.5. The number of nitrogens with zero attached hydrogens (tertiary/aromatic N) is 1. The fourth-order valence-electron chi connectivity index (χ4n) is 1.65. The molecular formula is C15H37BNNaO6. The van der Waals surface area contributed by atoms with Crippen LogP contribution in [0.3, 0.4) is 0 Å². The number of hydrogen-bond acceptors (Lipinski definition) is 7. The van der Waals surface area contributed by atoms with E-state index < -0.39 is 0 Å². The van der Waals surface area contributed by atoms with Gasteiger partial charge in [-0.1, -0.05) is 8.41 Å². The van der Waals surface area contributed by atoms with Crippen LogP contribution >= 0.6 is 0 Å². The van der Waals surface area contributed by atoms with Crippen molar-refractivity contribution in [1.82, 2.24) is 4.90 Å². The fourth-order valence-corrected chi connectivity index (χ4v) is 1.65. The third-order valence-corrected chi connectivity index (χ3v) is 2.95. The Bertz CT molecular complexity index is 187. The van der Waals surface area contributed by atoms with Crippen LogP contribution in [-0.2, 0) is 28.4 Å². The maximum absolute atomic E-state index is 5.51. The van der Waals surface area contributed by atoms with Gasteiger partial charge in [-0.2, -0.15) is 0 Å². The molecule has 0 aromatic carbocycles. The predicted octanol–water partition coefficient (Wildman–Crippen LogP) is -4.17.